The summed E-state index contributed by atoms with van der Waals surface area (Å²) in [6.45, 7) is 1.90. The highest BCUT2D eigenvalue weighted by Gasteiger charge is 2.02. The first-order valence-electron chi connectivity index (χ1n) is 6.07. The van der Waals surface area contributed by atoms with Gasteiger partial charge in [0.2, 0.25) is 0 Å². The molecule has 0 atom stereocenters. The molecule has 0 aliphatic carbocycles. The van der Waals surface area contributed by atoms with Crippen LogP contribution in [0.2, 0.25) is 5.02 Å². The minimum atomic E-state index is 0.797. The van der Waals surface area contributed by atoms with Crippen LogP contribution < -0.4 is 0 Å². The molecule has 1 aromatic carbocycles. The third-order valence-corrected chi connectivity index (χ3v) is 3.05. The molecule has 0 amide bonds. The summed E-state index contributed by atoms with van der Waals surface area (Å²) in [6, 6.07) is 14.0. The van der Waals surface area contributed by atoms with Gasteiger partial charge in [0.1, 0.15) is 0 Å². The van der Waals surface area contributed by atoms with E-state index < -0.39 is 0 Å². The van der Waals surface area contributed by atoms with Gasteiger partial charge in [0, 0.05) is 36.4 Å². The Labute approximate surface area is 113 Å². The molecule has 2 nitrogen and oxygen atoms in total. The first-order valence-corrected chi connectivity index (χ1v) is 6.45. The molecule has 0 saturated heterocycles. The van der Waals surface area contributed by atoms with Gasteiger partial charge in [-0.25, -0.2) is 0 Å². The monoisotopic (exact) mass is 260 g/mol. The fourth-order valence-corrected chi connectivity index (χ4v) is 2.09. The molecule has 0 saturated carbocycles. The summed E-state index contributed by atoms with van der Waals surface area (Å²) in [6.07, 6.45) is 2.81. The van der Waals surface area contributed by atoms with Crippen LogP contribution in [0.25, 0.3) is 0 Å². The lowest BCUT2D eigenvalue weighted by Gasteiger charge is -2.16. The highest BCUT2D eigenvalue weighted by Crippen LogP contribution is 2.12. The standard InChI is InChI=1S/C15H17ClN2/c1-18(10-8-15-7-2-3-9-17-15)12-13-5-4-6-14(16)11-13/h2-7,9,11H,8,10,12H2,1H3. The van der Waals surface area contributed by atoms with E-state index in [0.29, 0.717) is 0 Å². The van der Waals surface area contributed by atoms with Crippen LogP contribution in [0.3, 0.4) is 0 Å². The number of nitrogens with zero attached hydrogens (tertiary/aromatic N) is 2. The molecule has 94 valence electrons. The molecule has 0 aliphatic heterocycles. The Balaban J connectivity index is 1.84. The third kappa shape index (κ3) is 4.13. The second-order valence-electron chi connectivity index (χ2n) is 4.44. The van der Waals surface area contributed by atoms with Gasteiger partial charge in [-0.1, -0.05) is 29.8 Å². The van der Waals surface area contributed by atoms with Gasteiger partial charge in [0.15, 0.2) is 0 Å². The van der Waals surface area contributed by atoms with Crippen LogP contribution >= 0.6 is 11.6 Å². The molecular weight excluding hydrogens is 244 g/mol. The smallest absolute Gasteiger partial charge is 0.0416 e. The van der Waals surface area contributed by atoms with E-state index in [1.165, 1.54) is 5.56 Å². The van der Waals surface area contributed by atoms with Crippen molar-refractivity contribution in [3.8, 4) is 0 Å². The van der Waals surface area contributed by atoms with Gasteiger partial charge in [-0.2, -0.15) is 0 Å². The van der Waals surface area contributed by atoms with Crippen LogP contribution in [-0.2, 0) is 13.0 Å². The van der Waals surface area contributed by atoms with E-state index >= 15 is 0 Å². The number of rotatable bonds is 5. The number of likely N-dealkylation sites (N-methyl/N-ethyl adjacent to an activating group) is 1. The lowest BCUT2D eigenvalue weighted by molar-refractivity contribution is 0.330. The maximum atomic E-state index is 5.97. The first kappa shape index (κ1) is 13.1. The summed E-state index contributed by atoms with van der Waals surface area (Å²) in [5.74, 6) is 0. The molecule has 18 heavy (non-hydrogen) atoms. The Kier molecular flexibility index (Phi) is 4.73. The predicted molar refractivity (Wildman–Crippen MR) is 75.7 cm³/mol. The van der Waals surface area contributed by atoms with Crippen molar-refractivity contribution < 1.29 is 0 Å². The fraction of sp³-hybridized carbons (Fsp3) is 0.267. The van der Waals surface area contributed by atoms with E-state index in [1.807, 2.05) is 36.5 Å². The molecule has 2 rings (SSSR count). The zero-order valence-electron chi connectivity index (χ0n) is 10.5. The lowest BCUT2D eigenvalue weighted by atomic mass is 10.2. The molecule has 2 aromatic rings. The highest BCUT2D eigenvalue weighted by molar-refractivity contribution is 6.30. The van der Waals surface area contributed by atoms with Crippen molar-refractivity contribution in [3.05, 3.63) is 64.9 Å². The van der Waals surface area contributed by atoms with Crippen LogP contribution in [0.5, 0.6) is 0 Å². The maximum Gasteiger partial charge on any atom is 0.0416 e. The van der Waals surface area contributed by atoms with Gasteiger partial charge in [-0.3, -0.25) is 4.98 Å². The van der Waals surface area contributed by atoms with Gasteiger partial charge < -0.3 is 4.90 Å². The van der Waals surface area contributed by atoms with E-state index in [2.05, 4.69) is 29.1 Å². The summed E-state index contributed by atoms with van der Waals surface area (Å²) in [5, 5.41) is 0.797. The van der Waals surface area contributed by atoms with Gasteiger partial charge >= 0.3 is 0 Å². The minimum absolute atomic E-state index is 0.797. The Morgan fingerprint density at radius 2 is 2.06 bits per heavy atom. The lowest BCUT2D eigenvalue weighted by Crippen LogP contribution is -2.21. The second kappa shape index (κ2) is 6.53. The Morgan fingerprint density at radius 3 is 2.78 bits per heavy atom. The molecule has 1 heterocycles. The van der Waals surface area contributed by atoms with Crippen molar-refractivity contribution in [2.45, 2.75) is 13.0 Å². The number of hydrogen-bond donors (Lipinski definition) is 0. The van der Waals surface area contributed by atoms with Gasteiger partial charge in [-0.15, -0.1) is 0 Å². The summed E-state index contributed by atoms with van der Waals surface area (Å²) in [4.78, 5) is 6.60. The third-order valence-electron chi connectivity index (χ3n) is 2.82. The molecule has 3 heteroatoms. The molecule has 0 spiro atoms. The van der Waals surface area contributed by atoms with Crippen LogP contribution in [0, 0.1) is 0 Å². The summed E-state index contributed by atoms with van der Waals surface area (Å²) in [5.41, 5.74) is 2.38. The van der Waals surface area contributed by atoms with Crippen molar-refractivity contribution in [2.75, 3.05) is 13.6 Å². The minimum Gasteiger partial charge on any atom is -0.302 e. The number of hydrogen-bond acceptors (Lipinski definition) is 2. The topological polar surface area (TPSA) is 16.1 Å². The fourth-order valence-electron chi connectivity index (χ4n) is 1.88. The largest absolute Gasteiger partial charge is 0.302 e. The van der Waals surface area contributed by atoms with Crippen LogP contribution in [-0.4, -0.2) is 23.5 Å². The molecule has 0 fully saturated rings. The van der Waals surface area contributed by atoms with E-state index in [9.17, 15) is 0 Å². The van der Waals surface area contributed by atoms with Crippen LogP contribution in [0.4, 0.5) is 0 Å². The molecule has 1 aromatic heterocycles. The average Bonchev–Trinajstić information content (AvgIpc) is 2.38. The van der Waals surface area contributed by atoms with Gasteiger partial charge in [-0.05, 0) is 36.9 Å². The Bertz CT molecular complexity index is 485. The molecule has 0 radical (unpaired) electrons. The Hall–Kier alpha value is -1.38. The summed E-state index contributed by atoms with van der Waals surface area (Å²) >= 11 is 5.97. The van der Waals surface area contributed by atoms with Gasteiger partial charge in [0.25, 0.3) is 0 Å². The van der Waals surface area contributed by atoms with Crippen molar-refractivity contribution in [3.63, 3.8) is 0 Å². The molecule has 0 unspecified atom stereocenters. The average molecular weight is 261 g/mol. The highest BCUT2D eigenvalue weighted by atomic mass is 35.5. The first-order chi connectivity index (χ1) is 8.74. The zero-order valence-corrected chi connectivity index (χ0v) is 11.3. The van der Waals surface area contributed by atoms with Crippen molar-refractivity contribution in [1.29, 1.82) is 0 Å². The SMILES string of the molecule is CN(CCc1ccccn1)Cc1cccc(Cl)c1. The van der Waals surface area contributed by atoms with E-state index in [4.69, 9.17) is 11.6 Å². The predicted octanol–water partition coefficient (Wildman–Crippen LogP) is 3.41. The number of halogens is 1. The van der Waals surface area contributed by atoms with E-state index in [0.717, 1.165) is 30.2 Å². The van der Waals surface area contributed by atoms with E-state index in [1.54, 1.807) is 0 Å². The zero-order chi connectivity index (χ0) is 12.8. The molecule has 0 aliphatic rings. The van der Waals surface area contributed by atoms with Crippen molar-refractivity contribution in [1.82, 2.24) is 9.88 Å². The summed E-state index contributed by atoms with van der Waals surface area (Å²) in [7, 11) is 2.11. The number of aromatic nitrogens is 1. The molecular formula is C15H17ClN2. The maximum absolute atomic E-state index is 5.97. The van der Waals surface area contributed by atoms with E-state index in [-0.39, 0.29) is 0 Å². The summed E-state index contributed by atoms with van der Waals surface area (Å²) < 4.78 is 0. The van der Waals surface area contributed by atoms with Crippen molar-refractivity contribution >= 4 is 11.6 Å². The number of pyridine rings is 1. The second-order valence-corrected chi connectivity index (χ2v) is 4.88. The molecule has 0 N–H and O–H groups in total. The number of benzene rings is 1. The van der Waals surface area contributed by atoms with Crippen LogP contribution in [0.1, 0.15) is 11.3 Å². The van der Waals surface area contributed by atoms with Gasteiger partial charge in [0.05, 0.1) is 0 Å². The normalized spacial score (nSPS) is 10.8. The Morgan fingerprint density at radius 1 is 1.17 bits per heavy atom. The quantitative estimate of drug-likeness (QED) is 0.819. The molecule has 0 bridgehead atoms. The van der Waals surface area contributed by atoms with Crippen molar-refractivity contribution in [2.24, 2.45) is 0 Å². The van der Waals surface area contributed by atoms with Crippen LogP contribution in [0.15, 0.2) is 48.7 Å².